The quantitative estimate of drug-likeness (QED) is 0.152. The summed E-state index contributed by atoms with van der Waals surface area (Å²) in [5.74, 6) is 9.70. The van der Waals surface area contributed by atoms with Crippen molar-refractivity contribution in [2.45, 2.75) is 30.7 Å². The van der Waals surface area contributed by atoms with E-state index < -0.39 is 29.5 Å². The normalized spacial score (nSPS) is 16.1. The number of ether oxygens (including phenoxy) is 1. The first-order valence-corrected chi connectivity index (χ1v) is 10.3. The summed E-state index contributed by atoms with van der Waals surface area (Å²) in [7, 11) is -1.27. The van der Waals surface area contributed by atoms with E-state index in [1.165, 1.54) is 24.5 Å². The van der Waals surface area contributed by atoms with Gasteiger partial charge in [0.25, 0.3) is 0 Å². The van der Waals surface area contributed by atoms with E-state index >= 15 is 0 Å². The topological polar surface area (TPSA) is 153 Å². The molecule has 0 spiro atoms. The molecule has 1 saturated carbocycles. The maximum Gasteiger partial charge on any atom is 0.387 e. The molecule has 0 amide bonds. The first kappa shape index (κ1) is 22.7. The molecule has 7 N–H and O–H groups in total. The van der Waals surface area contributed by atoms with Gasteiger partial charge in [0.2, 0.25) is 5.95 Å². The number of hydrazone groups is 1. The van der Waals surface area contributed by atoms with Gasteiger partial charge in [0.15, 0.2) is 5.84 Å². The van der Waals surface area contributed by atoms with E-state index in [0.29, 0.717) is 5.56 Å². The third kappa shape index (κ3) is 6.26. The zero-order chi connectivity index (χ0) is 22.4. The maximum absolute atomic E-state index is 14.6. The van der Waals surface area contributed by atoms with E-state index in [1.54, 1.807) is 0 Å². The zero-order valence-electron chi connectivity index (χ0n) is 16.1. The number of rotatable bonds is 10. The van der Waals surface area contributed by atoms with Crippen LogP contribution in [0, 0.1) is 5.82 Å². The Balaban J connectivity index is 1.80. The maximum atomic E-state index is 14.6. The molecule has 2 atom stereocenters. The highest BCUT2D eigenvalue weighted by Gasteiger charge is 2.29. The summed E-state index contributed by atoms with van der Waals surface area (Å²) in [6.45, 7) is -3.00. The average Bonchev–Trinajstić information content (AvgIpc) is 3.58. The SMILES string of the molecule is N/N=C(\NN)c1cnc(NC(CNS(=O)C2CC2)c2ccc(OC(F)F)cc2F)nc1. The van der Waals surface area contributed by atoms with Gasteiger partial charge in [0.05, 0.1) is 22.6 Å². The standard InChI is InChI=1S/C17H21F3N8O2S/c18-13-5-10(30-16(19)20)1-4-12(13)14(8-25-31(29)11-2-3-11)26-17-23-6-9(7-24-17)15(27-21)28-22/h1,4-7,11,14,16,25H,2-3,8,21-22H2,(H,27,28)(H,23,24,26). The van der Waals surface area contributed by atoms with Gasteiger partial charge in [-0.3, -0.25) is 0 Å². The van der Waals surface area contributed by atoms with Gasteiger partial charge in [-0.25, -0.2) is 29.1 Å². The number of nitrogens with one attached hydrogen (secondary N) is 3. The molecule has 2 unspecified atom stereocenters. The number of nitrogens with zero attached hydrogens (tertiary/aromatic N) is 3. The number of hydrazine groups is 1. The summed E-state index contributed by atoms with van der Waals surface area (Å²) in [5, 5.41) is 6.46. The molecule has 1 fully saturated rings. The number of benzene rings is 1. The highest BCUT2D eigenvalue weighted by molar-refractivity contribution is 7.84. The van der Waals surface area contributed by atoms with Crippen LogP contribution in [-0.2, 0) is 11.0 Å². The summed E-state index contributed by atoms with van der Waals surface area (Å²) in [5.41, 5.74) is 2.84. The Bertz CT molecular complexity index is 943. The molecule has 3 rings (SSSR count). The van der Waals surface area contributed by atoms with Crippen molar-refractivity contribution in [3.05, 3.63) is 47.5 Å². The smallest absolute Gasteiger partial charge is 0.387 e. The Kier molecular flexibility index (Phi) is 7.59. The number of alkyl halides is 2. The van der Waals surface area contributed by atoms with Gasteiger partial charge in [-0.15, -0.1) is 0 Å². The van der Waals surface area contributed by atoms with Gasteiger partial charge >= 0.3 is 6.61 Å². The average molecular weight is 458 g/mol. The molecule has 1 aliphatic carbocycles. The molecule has 31 heavy (non-hydrogen) atoms. The Morgan fingerprint density at radius 3 is 2.58 bits per heavy atom. The van der Waals surface area contributed by atoms with Crippen molar-refractivity contribution in [3.8, 4) is 5.75 Å². The van der Waals surface area contributed by atoms with Crippen LogP contribution in [0.3, 0.4) is 0 Å². The molecule has 2 aromatic rings. The lowest BCUT2D eigenvalue weighted by Crippen LogP contribution is -2.32. The summed E-state index contributed by atoms with van der Waals surface area (Å²) < 4.78 is 58.6. The van der Waals surface area contributed by atoms with Crippen molar-refractivity contribution in [2.75, 3.05) is 11.9 Å². The predicted molar refractivity (Wildman–Crippen MR) is 109 cm³/mol. The van der Waals surface area contributed by atoms with Crippen LogP contribution >= 0.6 is 0 Å². The fourth-order valence-corrected chi connectivity index (χ4v) is 3.78. The molecule has 1 heterocycles. The summed E-state index contributed by atoms with van der Waals surface area (Å²) in [4.78, 5) is 8.24. The number of halogens is 3. The predicted octanol–water partition coefficient (Wildman–Crippen LogP) is 0.870. The fourth-order valence-electron chi connectivity index (χ4n) is 2.65. The van der Waals surface area contributed by atoms with Crippen LogP contribution in [0.5, 0.6) is 5.75 Å². The third-order valence-corrected chi connectivity index (χ3v) is 5.85. The minimum absolute atomic E-state index is 0.0695. The minimum atomic E-state index is -3.07. The number of anilines is 1. The number of aromatic nitrogens is 2. The van der Waals surface area contributed by atoms with E-state index in [0.717, 1.165) is 18.9 Å². The highest BCUT2D eigenvalue weighted by atomic mass is 32.2. The Morgan fingerprint density at radius 2 is 2.03 bits per heavy atom. The van der Waals surface area contributed by atoms with E-state index in [-0.39, 0.29) is 34.9 Å². The molecule has 10 nitrogen and oxygen atoms in total. The Labute approximate surface area is 178 Å². The Hall–Kier alpha value is -2.97. The molecular formula is C17H21F3N8O2S. The van der Waals surface area contributed by atoms with Gasteiger partial charge in [-0.05, 0) is 18.9 Å². The van der Waals surface area contributed by atoms with E-state index in [2.05, 4.69) is 35.3 Å². The Morgan fingerprint density at radius 1 is 1.32 bits per heavy atom. The molecule has 0 bridgehead atoms. The van der Waals surface area contributed by atoms with Crippen LogP contribution in [-0.4, -0.2) is 38.4 Å². The minimum Gasteiger partial charge on any atom is -0.435 e. The molecule has 1 aromatic carbocycles. The number of nitrogens with two attached hydrogens (primary N) is 2. The van der Waals surface area contributed by atoms with E-state index in [1.807, 2.05) is 0 Å². The molecule has 1 aliphatic rings. The van der Waals surface area contributed by atoms with Crippen LogP contribution in [0.15, 0.2) is 35.7 Å². The first-order valence-electron chi connectivity index (χ1n) is 9.13. The van der Waals surface area contributed by atoms with Gasteiger partial charge in [-0.2, -0.15) is 13.9 Å². The number of amidine groups is 1. The van der Waals surface area contributed by atoms with Crippen molar-refractivity contribution in [1.29, 1.82) is 0 Å². The van der Waals surface area contributed by atoms with Gasteiger partial charge < -0.3 is 21.3 Å². The molecule has 0 aliphatic heterocycles. The lowest BCUT2D eigenvalue weighted by molar-refractivity contribution is -0.0500. The van der Waals surface area contributed by atoms with Crippen molar-refractivity contribution in [2.24, 2.45) is 16.8 Å². The lowest BCUT2D eigenvalue weighted by atomic mass is 10.1. The van der Waals surface area contributed by atoms with Crippen molar-refractivity contribution in [1.82, 2.24) is 20.1 Å². The fraction of sp³-hybridized carbons (Fsp3) is 0.353. The number of hydrogen-bond donors (Lipinski definition) is 5. The van der Waals surface area contributed by atoms with E-state index in [9.17, 15) is 17.4 Å². The summed E-state index contributed by atoms with van der Waals surface area (Å²) in [6.07, 6.45) is 4.50. The number of hydrogen-bond acceptors (Lipinski definition) is 8. The van der Waals surface area contributed by atoms with Gasteiger partial charge in [0.1, 0.15) is 11.6 Å². The molecule has 0 saturated heterocycles. The first-order chi connectivity index (χ1) is 14.9. The monoisotopic (exact) mass is 458 g/mol. The van der Waals surface area contributed by atoms with Crippen LogP contribution in [0.2, 0.25) is 0 Å². The van der Waals surface area contributed by atoms with E-state index in [4.69, 9.17) is 11.7 Å². The van der Waals surface area contributed by atoms with Crippen molar-refractivity contribution < 1.29 is 22.1 Å². The second kappa shape index (κ2) is 10.4. The second-order valence-electron chi connectivity index (χ2n) is 6.52. The van der Waals surface area contributed by atoms with Crippen LogP contribution in [0.25, 0.3) is 0 Å². The zero-order valence-corrected chi connectivity index (χ0v) is 16.9. The molecular weight excluding hydrogens is 437 g/mol. The largest absolute Gasteiger partial charge is 0.435 e. The van der Waals surface area contributed by atoms with Gasteiger partial charge in [-0.1, -0.05) is 6.07 Å². The van der Waals surface area contributed by atoms with Crippen LogP contribution in [0.1, 0.15) is 30.0 Å². The lowest BCUT2D eigenvalue weighted by Gasteiger charge is -2.21. The molecule has 1 aromatic heterocycles. The van der Waals surface area contributed by atoms with Crippen LogP contribution in [0.4, 0.5) is 19.1 Å². The highest BCUT2D eigenvalue weighted by Crippen LogP contribution is 2.27. The summed E-state index contributed by atoms with van der Waals surface area (Å²) in [6, 6.07) is 2.62. The molecule has 168 valence electrons. The molecule has 14 heteroatoms. The second-order valence-corrected chi connectivity index (χ2v) is 8.07. The van der Waals surface area contributed by atoms with Crippen molar-refractivity contribution >= 4 is 22.8 Å². The summed E-state index contributed by atoms with van der Waals surface area (Å²) >= 11 is 0. The van der Waals surface area contributed by atoms with Crippen molar-refractivity contribution in [3.63, 3.8) is 0 Å². The van der Waals surface area contributed by atoms with Crippen LogP contribution < -0.4 is 31.9 Å². The van der Waals surface area contributed by atoms with Gasteiger partial charge in [0, 0.05) is 35.8 Å². The third-order valence-electron chi connectivity index (χ3n) is 4.32. The molecule has 0 radical (unpaired) electrons.